The first kappa shape index (κ1) is 17.4. The zero-order valence-corrected chi connectivity index (χ0v) is 14.0. The molecule has 0 saturated heterocycles. The van der Waals surface area contributed by atoms with Crippen molar-refractivity contribution >= 4 is 40.5 Å². The normalized spacial score (nSPS) is 10.1. The van der Waals surface area contributed by atoms with Crippen molar-refractivity contribution in [3.05, 3.63) is 33.4 Å². The minimum absolute atomic E-state index is 0.282. The highest BCUT2D eigenvalue weighted by atomic mass is 127. The second-order valence-electron chi connectivity index (χ2n) is 4.74. The molecule has 0 aliphatic carbocycles. The third-order valence-corrected chi connectivity index (χ3v) is 2.99. The standard InChI is InChI=1S/C14H17IN2O4/c1-9(2)7-16-14(20)17-12(18)8-21-13(19)10-4-3-5-11(15)6-10/h3-6,9H,7-8H2,1-2H3,(H2,16,17,18,20). The summed E-state index contributed by atoms with van der Waals surface area (Å²) >= 11 is 2.07. The lowest BCUT2D eigenvalue weighted by Gasteiger charge is -2.09. The monoisotopic (exact) mass is 404 g/mol. The number of carbonyl (C=O) groups excluding carboxylic acids is 3. The summed E-state index contributed by atoms with van der Waals surface area (Å²) in [4.78, 5) is 34.5. The number of rotatable bonds is 5. The van der Waals surface area contributed by atoms with E-state index in [1.54, 1.807) is 18.2 Å². The first-order valence-corrected chi connectivity index (χ1v) is 7.46. The van der Waals surface area contributed by atoms with Crippen LogP contribution < -0.4 is 10.6 Å². The molecule has 0 bridgehead atoms. The van der Waals surface area contributed by atoms with Gasteiger partial charge in [-0.2, -0.15) is 0 Å². The molecule has 0 aromatic heterocycles. The Bertz CT molecular complexity index is 531. The molecule has 1 rings (SSSR count). The average Bonchev–Trinajstić information content (AvgIpc) is 2.42. The molecule has 3 amide bonds. The summed E-state index contributed by atoms with van der Waals surface area (Å²) in [5.41, 5.74) is 0.360. The molecule has 0 aliphatic rings. The number of imide groups is 1. The second kappa shape index (κ2) is 8.60. The van der Waals surface area contributed by atoms with E-state index in [9.17, 15) is 14.4 Å². The summed E-state index contributed by atoms with van der Waals surface area (Å²) in [6, 6.07) is 6.20. The Morgan fingerprint density at radius 2 is 2.00 bits per heavy atom. The number of benzene rings is 1. The molecule has 1 aromatic rings. The van der Waals surface area contributed by atoms with Crippen LogP contribution in [-0.4, -0.2) is 31.1 Å². The summed E-state index contributed by atoms with van der Waals surface area (Å²) < 4.78 is 5.73. The number of ether oxygens (including phenoxy) is 1. The molecule has 0 atom stereocenters. The van der Waals surface area contributed by atoms with E-state index >= 15 is 0 Å². The molecular weight excluding hydrogens is 387 g/mol. The molecule has 0 spiro atoms. The van der Waals surface area contributed by atoms with Crippen LogP contribution >= 0.6 is 22.6 Å². The lowest BCUT2D eigenvalue weighted by molar-refractivity contribution is -0.123. The van der Waals surface area contributed by atoms with Gasteiger partial charge in [0.1, 0.15) is 0 Å². The Hall–Kier alpha value is -1.64. The van der Waals surface area contributed by atoms with Crippen molar-refractivity contribution in [1.82, 2.24) is 10.6 Å². The van der Waals surface area contributed by atoms with E-state index in [1.165, 1.54) is 0 Å². The topological polar surface area (TPSA) is 84.5 Å². The van der Waals surface area contributed by atoms with E-state index in [4.69, 9.17) is 4.74 Å². The highest BCUT2D eigenvalue weighted by molar-refractivity contribution is 14.1. The zero-order chi connectivity index (χ0) is 15.8. The minimum atomic E-state index is -0.671. The maximum Gasteiger partial charge on any atom is 0.338 e. The van der Waals surface area contributed by atoms with Gasteiger partial charge < -0.3 is 10.1 Å². The molecule has 7 heteroatoms. The molecule has 21 heavy (non-hydrogen) atoms. The summed E-state index contributed by atoms with van der Waals surface area (Å²) in [6.45, 7) is 3.83. The molecule has 0 heterocycles. The summed E-state index contributed by atoms with van der Waals surface area (Å²) in [5, 5.41) is 4.61. The second-order valence-corrected chi connectivity index (χ2v) is 5.98. The smallest absolute Gasteiger partial charge is 0.338 e. The molecule has 0 radical (unpaired) electrons. The van der Waals surface area contributed by atoms with E-state index in [0.717, 1.165) is 3.57 Å². The molecule has 0 unspecified atom stereocenters. The Morgan fingerprint density at radius 3 is 2.62 bits per heavy atom. The predicted octanol–water partition coefficient (Wildman–Crippen LogP) is 1.93. The summed E-state index contributed by atoms with van der Waals surface area (Å²) in [6.07, 6.45) is 0. The number of carbonyl (C=O) groups is 3. The van der Waals surface area contributed by atoms with Crippen LogP contribution in [0.1, 0.15) is 24.2 Å². The van der Waals surface area contributed by atoms with Crippen molar-refractivity contribution in [3.63, 3.8) is 0 Å². The van der Waals surface area contributed by atoms with E-state index in [2.05, 4.69) is 33.2 Å². The fraction of sp³-hybridized carbons (Fsp3) is 0.357. The van der Waals surface area contributed by atoms with Crippen LogP contribution in [0, 0.1) is 9.49 Å². The van der Waals surface area contributed by atoms with Crippen LogP contribution in [0.3, 0.4) is 0 Å². The van der Waals surface area contributed by atoms with Gasteiger partial charge in [0.15, 0.2) is 6.61 Å². The third-order valence-electron chi connectivity index (χ3n) is 2.32. The van der Waals surface area contributed by atoms with Crippen molar-refractivity contribution in [1.29, 1.82) is 0 Å². The Labute approximate surface area is 136 Å². The van der Waals surface area contributed by atoms with Crippen LogP contribution in [0.25, 0.3) is 0 Å². The molecular formula is C14H17IN2O4. The fourth-order valence-corrected chi connectivity index (χ4v) is 1.88. The van der Waals surface area contributed by atoms with Gasteiger partial charge in [-0.1, -0.05) is 19.9 Å². The number of esters is 1. The summed E-state index contributed by atoms with van der Waals surface area (Å²) in [5.74, 6) is -0.995. The number of hydrogen-bond acceptors (Lipinski definition) is 4. The van der Waals surface area contributed by atoms with Crippen molar-refractivity contribution in [3.8, 4) is 0 Å². The van der Waals surface area contributed by atoms with E-state index in [0.29, 0.717) is 12.1 Å². The molecule has 0 aliphatic heterocycles. The molecule has 2 N–H and O–H groups in total. The average molecular weight is 404 g/mol. The molecule has 0 saturated carbocycles. The van der Waals surface area contributed by atoms with Crippen molar-refractivity contribution in [2.24, 2.45) is 5.92 Å². The number of nitrogens with one attached hydrogen (secondary N) is 2. The fourth-order valence-electron chi connectivity index (χ4n) is 1.33. The molecule has 0 fully saturated rings. The zero-order valence-electron chi connectivity index (χ0n) is 11.8. The predicted molar refractivity (Wildman–Crippen MR) is 85.8 cm³/mol. The van der Waals surface area contributed by atoms with Gasteiger partial charge in [-0.25, -0.2) is 9.59 Å². The van der Waals surface area contributed by atoms with Crippen molar-refractivity contribution in [2.45, 2.75) is 13.8 Å². The first-order valence-electron chi connectivity index (χ1n) is 6.39. The highest BCUT2D eigenvalue weighted by Gasteiger charge is 2.12. The van der Waals surface area contributed by atoms with E-state index < -0.39 is 24.5 Å². The number of hydrogen-bond donors (Lipinski definition) is 2. The Kier molecular flexibility index (Phi) is 7.13. The quantitative estimate of drug-likeness (QED) is 0.581. The van der Waals surface area contributed by atoms with Crippen molar-refractivity contribution < 1.29 is 19.1 Å². The Balaban J connectivity index is 2.36. The lowest BCUT2D eigenvalue weighted by Crippen LogP contribution is -2.42. The van der Waals surface area contributed by atoms with Gasteiger partial charge in [-0.05, 0) is 46.7 Å². The van der Waals surface area contributed by atoms with E-state index in [-0.39, 0.29) is 5.92 Å². The van der Waals surface area contributed by atoms with Gasteiger partial charge in [-0.15, -0.1) is 0 Å². The van der Waals surface area contributed by atoms with Gasteiger partial charge in [0.05, 0.1) is 5.56 Å². The minimum Gasteiger partial charge on any atom is -0.452 e. The van der Waals surface area contributed by atoms with Crippen LogP contribution in [0.4, 0.5) is 4.79 Å². The van der Waals surface area contributed by atoms with Gasteiger partial charge >= 0.3 is 12.0 Å². The SMILES string of the molecule is CC(C)CNC(=O)NC(=O)COC(=O)c1cccc(I)c1. The molecule has 114 valence electrons. The van der Waals surface area contributed by atoms with Crippen LogP contribution in [0.5, 0.6) is 0 Å². The third kappa shape index (κ3) is 7.07. The largest absolute Gasteiger partial charge is 0.452 e. The van der Waals surface area contributed by atoms with Crippen LogP contribution in [0.2, 0.25) is 0 Å². The maximum absolute atomic E-state index is 11.7. The molecule has 6 nitrogen and oxygen atoms in total. The first-order chi connectivity index (χ1) is 9.88. The maximum atomic E-state index is 11.7. The number of urea groups is 1. The van der Waals surface area contributed by atoms with Gasteiger partial charge in [0.25, 0.3) is 5.91 Å². The van der Waals surface area contributed by atoms with Crippen molar-refractivity contribution in [2.75, 3.05) is 13.2 Å². The number of amides is 3. The number of halogens is 1. The van der Waals surface area contributed by atoms with Gasteiger partial charge in [-0.3, -0.25) is 10.1 Å². The highest BCUT2D eigenvalue weighted by Crippen LogP contribution is 2.08. The molecule has 1 aromatic carbocycles. The summed E-state index contributed by atoms with van der Waals surface area (Å²) in [7, 11) is 0. The Morgan fingerprint density at radius 1 is 1.29 bits per heavy atom. The lowest BCUT2D eigenvalue weighted by atomic mass is 10.2. The van der Waals surface area contributed by atoms with Crippen LogP contribution in [-0.2, 0) is 9.53 Å². The van der Waals surface area contributed by atoms with E-state index in [1.807, 2.05) is 19.9 Å². The van der Waals surface area contributed by atoms with Gasteiger partial charge in [0.2, 0.25) is 0 Å². The van der Waals surface area contributed by atoms with Gasteiger partial charge in [0, 0.05) is 10.1 Å². The van der Waals surface area contributed by atoms with Crippen LogP contribution in [0.15, 0.2) is 24.3 Å².